The Morgan fingerprint density at radius 1 is 1.44 bits per heavy atom. The van der Waals surface area contributed by atoms with Crippen LogP contribution in [0, 0.1) is 0 Å². The van der Waals surface area contributed by atoms with Gasteiger partial charge in [0.15, 0.2) is 0 Å². The molecule has 0 heterocycles. The molecule has 0 unspecified atom stereocenters. The number of hydrogen-bond donors (Lipinski definition) is 1. The van der Waals surface area contributed by atoms with E-state index in [1.807, 2.05) is 0 Å². The summed E-state index contributed by atoms with van der Waals surface area (Å²) in [5.74, 6) is 4.86. The number of hydrogen-bond acceptors (Lipinski definition) is 5. The maximum absolute atomic E-state index is 11.3. The van der Waals surface area contributed by atoms with Crippen LogP contribution in [0.15, 0.2) is 36.6 Å². The van der Waals surface area contributed by atoms with Gasteiger partial charge < -0.3 is 9.47 Å². The summed E-state index contributed by atoms with van der Waals surface area (Å²) in [6.07, 6.45) is 2.42. The molecule has 0 aliphatic heterocycles. The van der Waals surface area contributed by atoms with E-state index in [0.717, 1.165) is 0 Å². The van der Waals surface area contributed by atoms with E-state index in [1.165, 1.54) is 19.4 Å². The Hall–Kier alpha value is -1.85. The third kappa shape index (κ3) is 3.72. The van der Waals surface area contributed by atoms with Gasteiger partial charge in [0.1, 0.15) is 5.75 Å². The van der Waals surface area contributed by atoms with Crippen molar-refractivity contribution in [3.63, 3.8) is 0 Å². The van der Waals surface area contributed by atoms with Gasteiger partial charge in [0.2, 0.25) is 0 Å². The van der Waals surface area contributed by atoms with Crippen LogP contribution in [-0.2, 0) is 21.0 Å². The maximum atomic E-state index is 11.3. The van der Waals surface area contributed by atoms with Gasteiger partial charge in [-0.2, -0.15) is 0 Å². The molecule has 0 aromatic heterocycles. The molecule has 0 radical (unpaired) electrons. The Bertz CT molecular complexity index is 376. The fourth-order valence-corrected chi connectivity index (χ4v) is 1.08. The fraction of sp³-hybridized carbons (Fsp3) is 0.182. The average Bonchev–Trinajstić information content (AvgIpc) is 2.29. The first kappa shape index (κ1) is 12.2. The lowest BCUT2D eigenvalue weighted by atomic mass is 10.2. The summed E-state index contributed by atoms with van der Waals surface area (Å²) in [6, 6.07) is 6.97. The minimum atomic E-state index is -0.522. The van der Waals surface area contributed by atoms with Crippen molar-refractivity contribution in [2.75, 3.05) is 7.11 Å². The second-order valence-electron chi connectivity index (χ2n) is 2.88. The molecule has 0 aliphatic carbocycles. The van der Waals surface area contributed by atoms with E-state index >= 15 is 0 Å². The summed E-state index contributed by atoms with van der Waals surface area (Å²) in [4.78, 5) is 15.8. The van der Waals surface area contributed by atoms with Crippen molar-refractivity contribution in [1.82, 2.24) is 0 Å². The minimum absolute atomic E-state index is 0.178. The molecule has 0 amide bonds. The van der Waals surface area contributed by atoms with E-state index in [1.54, 1.807) is 24.3 Å². The van der Waals surface area contributed by atoms with Crippen molar-refractivity contribution < 1.29 is 19.1 Å². The molecular weight excluding hydrogens is 210 g/mol. The highest BCUT2D eigenvalue weighted by Crippen LogP contribution is 2.18. The lowest BCUT2D eigenvalue weighted by molar-refractivity contribution is -0.129. The van der Waals surface area contributed by atoms with Crippen LogP contribution >= 0.6 is 0 Å². The van der Waals surface area contributed by atoms with Crippen LogP contribution in [0.4, 0.5) is 0 Å². The van der Waals surface area contributed by atoms with Crippen LogP contribution in [0.3, 0.4) is 0 Å². The van der Waals surface area contributed by atoms with E-state index < -0.39 is 5.97 Å². The number of ether oxygens (including phenoxy) is 2. The number of methoxy groups -OCH3 is 1. The molecule has 2 N–H and O–H groups in total. The zero-order chi connectivity index (χ0) is 11.8. The topological polar surface area (TPSA) is 70.8 Å². The quantitative estimate of drug-likeness (QED) is 0.266. The molecule has 16 heavy (non-hydrogen) atoms. The van der Waals surface area contributed by atoms with Gasteiger partial charge in [0, 0.05) is 5.56 Å². The van der Waals surface area contributed by atoms with E-state index in [-0.39, 0.29) is 6.61 Å². The molecule has 0 spiro atoms. The lowest BCUT2D eigenvalue weighted by Gasteiger charge is -2.06. The highest BCUT2D eigenvalue weighted by molar-refractivity contribution is 5.83. The van der Waals surface area contributed by atoms with E-state index in [9.17, 15) is 4.79 Å². The van der Waals surface area contributed by atoms with Gasteiger partial charge in [-0.3, -0.25) is 4.84 Å². The predicted octanol–water partition coefficient (Wildman–Crippen LogP) is 1.14. The Morgan fingerprint density at radius 2 is 2.19 bits per heavy atom. The lowest BCUT2D eigenvalue weighted by Crippen LogP contribution is -2.07. The van der Waals surface area contributed by atoms with Crippen molar-refractivity contribution in [3.8, 4) is 5.75 Å². The number of esters is 1. The highest BCUT2D eigenvalue weighted by atomic mass is 16.6. The first-order valence-corrected chi connectivity index (χ1v) is 4.58. The average molecular weight is 223 g/mol. The monoisotopic (exact) mass is 223 g/mol. The normalized spacial score (nSPS) is 10.4. The fourth-order valence-electron chi connectivity index (χ4n) is 1.08. The van der Waals surface area contributed by atoms with Gasteiger partial charge in [-0.05, 0) is 6.07 Å². The standard InChI is InChI=1S/C11H13NO4/c1-14-7-6-11(13)16-10-5-3-2-4-9(10)8-15-12/h2-7H,8,12H2,1H3. The molecule has 1 aromatic carbocycles. The summed E-state index contributed by atoms with van der Waals surface area (Å²) in [5, 5.41) is 0. The van der Waals surface area contributed by atoms with Gasteiger partial charge >= 0.3 is 5.97 Å². The Labute approximate surface area is 93.4 Å². The molecule has 0 fully saturated rings. The number of carbonyl (C=O) groups is 1. The van der Waals surface area contributed by atoms with E-state index in [0.29, 0.717) is 11.3 Å². The van der Waals surface area contributed by atoms with Crippen LogP contribution in [0.1, 0.15) is 5.56 Å². The van der Waals surface area contributed by atoms with Gasteiger partial charge in [0.25, 0.3) is 0 Å². The van der Waals surface area contributed by atoms with Gasteiger partial charge in [-0.15, -0.1) is 0 Å². The smallest absolute Gasteiger partial charge is 0.339 e. The summed E-state index contributed by atoms with van der Waals surface area (Å²) in [6.45, 7) is 0.178. The SMILES string of the molecule is COC=CC(=O)Oc1ccccc1CON. The molecule has 5 heteroatoms. The largest absolute Gasteiger partial charge is 0.504 e. The Kier molecular flexibility index (Phi) is 5.04. The molecule has 0 saturated heterocycles. The minimum Gasteiger partial charge on any atom is -0.504 e. The van der Waals surface area contributed by atoms with Gasteiger partial charge in [0.05, 0.1) is 26.1 Å². The molecule has 0 saturated carbocycles. The Balaban J connectivity index is 2.72. The molecule has 86 valence electrons. The van der Waals surface area contributed by atoms with Crippen LogP contribution < -0.4 is 10.6 Å². The van der Waals surface area contributed by atoms with Crippen molar-refractivity contribution in [2.45, 2.75) is 6.61 Å². The summed E-state index contributed by atoms with van der Waals surface area (Å²) < 4.78 is 9.66. The summed E-state index contributed by atoms with van der Waals surface area (Å²) in [7, 11) is 1.44. The second-order valence-corrected chi connectivity index (χ2v) is 2.88. The van der Waals surface area contributed by atoms with Gasteiger partial charge in [-0.1, -0.05) is 18.2 Å². The van der Waals surface area contributed by atoms with Crippen LogP contribution in [0.2, 0.25) is 0 Å². The van der Waals surface area contributed by atoms with Crippen molar-refractivity contribution in [3.05, 3.63) is 42.2 Å². The zero-order valence-electron chi connectivity index (χ0n) is 8.88. The summed E-state index contributed by atoms with van der Waals surface area (Å²) in [5.41, 5.74) is 0.698. The molecule has 0 aliphatic rings. The van der Waals surface area contributed by atoms with Crippen LogP contribution in [0.5, 0.6) is 5.75 Å². The second kappa shape index (κ2) is 6.60. The number of carbonyl (C=O) groups excluding carboxylic acids is 1. The first-order chi connectivity index (χ1) is 7.77. The molecular formula is C11H13NO4. The van der Waals surface area contributed by atoms with E-state index in [4.69, 9.17) is 10.6 Å². The third-order valence-corrected chi connectivity index (χ3v) is 1.76. The number of benzene rings is 1. The molecule has 0 atom stereocenters. The van der Waals surface area contributed by atoms with Crippen molar-refractivity contribution in [2.24, 2.45) is 5.90 Å². The number of nitrogens with two attached hydrogens (primary N) is 1. The predicted molar refractivity (Wildman–Crippen MR) is 57.2 cm³/mol. The molecule has 5 nitrogen and oxygen atoms in total. The van der Waals surface area contributed by atoms with Crippen molar-refractivity contribution >= 4 is 5.97 Å². The molecule has 0 bridgehead atoms. The van der Waals surface area contributed by atoms with Crippen molar-refractivity contribution in [1.29, 1.82) is 0 Å². The van der Waals surface area contributed by atoms with Crippen LogP contribution in [0.25, 0.3) is 0 Å². The summed E-state index contributed by atoms with van der Waals surface area (Å²) >= 11 is 0. The molecule has 1 aromatic rings. The first-order valence-electron chi connectivity index (χ1n) is 4.58. The van der Waals surface area contributed by atoms with Crippen LogP contribution in [-0.4, -0.2) is 13.1 Å². The molecule has 1 rings (SSSR count). The Morgan fingerprint density at radius 3 is 2.88 bits per heavy atom. The zero-order valence-corrected chi connectivity index (χ0v) is 8.88. The number of para-hydroxylation sites is 1. The third-order valence-electron chi connectivity index (χ3n) is 1.76. The van der Waals surface area contributed by atoms with Gasteiger partial charge in [-0.25, -0.2) is 10.7 Å². The van der Waals surface area contributed by atoms with E-state index in [2.05, 4.69) is 9.57 Å². The highest BCUT2D eigenvalue weighted by Gasteiger charge is 2.06. The number of rotatable bonds is 5. The maximum Gasteiger partial charge on any atom is 0.339 e.